The second-order valence-corrected chi connectivity index (χ2v) is 5.64. The van der Waals surface area contributed by atoms with Crippen LogP contribution in [0, 0.1) is 11.7 Å². The highest BCUT2D eigenvalue weighted by Crippen LogP contribution is 2.31. The van der Waals surface area contributed by atoms with E-state index >= 15 is 0 Å². The Kier molecular flexibility index (Phi) is 5.74. The van der Waals surface area contributed by atoms with Gasteiger partial charge in [-0.15, -0.1) is 0 Å². The van der Waals surface area contributed by atoms with Crippen molar-refractivity contribution in [1.82, 2.24) is 0 Å². The maximum Gasteiger partial charge on any atom is 0.306 e. The third-order valence-electron chi connectivity index (χ3n) is 4.00. The van der Waals surface area contributed by atoms with Gasteiger partial charge < -0.3 is 9.84 Å². The SMILES string of the molecule is CC[C@@H](c1cc(F)cc(OCc2ccccc2)c1)C(C)C(=O)O. The largest absolute Gasteiger partial charge is 0.489 e. The van der Waals surface area contributed by atoms with Crippen molar-refractivity contribution in [2.45, 2.75) is 32.8 Å². The highest BCUT2D eigenvalue weighted by molar-refractivity contribution is 5.71. The Hall–Kier alpha value is -2.36. The van der Waals surface area contributed by atoms with Gasteiger partial charge in [0.2, 0.25) is 0 Å². The lowest BCUT2D eigenvalue weighted by molar-refractivity contribution is -0.141. The van der Waals surface area contributed by atoms with Gasteiger partial charge in [-0.25, -0.2) is 4.39 Å². The van der Waals surface area contributed by atoms with Crippen LogP contribution in [-0.4, -0.2) is 11.1 Å². The molecule has 4 heteroatoms. The summed E-state index contributed by atoms with van der Waals surface area (Å²) >= 11 is 0. The average Bonchev–Trinajstić information content (AvgIpc) is 2.54. The number of benzene rings is 2. The van der Waals surface area contributed by atoms with Gasteiger partial charge >= 0.3 is 5.97 Å². The minimum atomic E-state index is -0.882. The molecule has 0 aliphatic carbocycles. The van der Waals surface area contributed by atoms with Gasteiger partial charge in [0.1, 0.15) is 18.2 Å². The maximum absolute atomic E-state index is 13.9. The van der Waals surface area contributed by atoms with Gasteiger partial charge in [0.05, 0.1) is 5.92 Å². The quantitative estimate of drug-likeness (QED) is 0.811. The predicted molar refractivity (Wildman–Crippen MR) is 87.0 cm³/mol. The lowest BCUT2D eigenvalue weighted by Gasteiger charge is -2.20. The molecule has 0 aliphatic heterocycles. The van der Waals surface area contributed by atoms with Crippen molar-refractivity contribution in [2.75, 3.05) is 0 Å². The van der Waals surface area contributed by atoms with Crippen molar-refractivity contribution in [1.29, 1.82) is 0 Å². The van der Waals surface area contributed by atoms with E-state index in [0.29, 0.717) is 24.3 Å². The molecule has 2 aromatic rings. The summed E-state index contributed by atoms with van der Waals surface area (Å²) in [6.45, 7) is 3.89. The number of carbonyl (C=O) groups is 1. The molecular weight excluding hydrogens is 295 g/mol. The third kappa shape index (κ3) is 4.55. The van der Waals surface area contributed by atoms with E-state index in [1.165, 1.54) is 12.1 Å². The van der Waals surface area contributed by atoms with Crippen LogP contribution in [0.3, 0.4) is 0 Å². The van der Waals surface area contributed by atoms with Crippen LogP contribution in [-0.2, 0) is 11.4 Å². The predicted octanol–water partition coefficient (Wildman–Crippen LogP) is 4.62. The fraction of sp³-hybridized carbons (Fsp3) is 0.316. The minimum Gasteiger partial charge on any atom is -0.489 e. The standard InChI is InChI=1S/C19H21FO3/c1-3-18(13(2)19(21)22)15-9-16(20)11-17(10-15)23-12-14-7-5-4-6-8-14/h4-11,13,18H,3,12H2,1-2H3,(H,21,22)/t13?,18-/m1/s1. The van der Waals surface area contributed by atoms with E-state index in [4.69, 9.17) is 4.74 Å². The number of rotatable bonds is 7. The van der Waals surface area contributed by atoms with Crippen molar-refractivity contribution in [3.05, 3.63) is 65.5 Å². The summed E-state index contributed by atoms with van der Waals surface area (Å²) in [6, 6.07) is 14.1. The van der Waals surface area contributed by atoms with Gasteiger partial charge in [-0.1, -0.05) is 44.2 Å². The number of hydrogen-bond acceptors (Lipinski definition) is 2. The maximum atomic E-state index is 13.9. The van der Waals surface area contributed by atoms with Crippen LogP contribution in [0.25, 0.3) is 0 Å². The Morgan fingerprint density at radius 1 is 1.22 bits per heavy atom. The first kappa shape index (κ1) is 17.0. The summed E-state index contributed by atoms with van der Waals surface area (Å²) < 4.78 is 19.5. The Morgan fingerprint density at radius 2 is 1.91 bits per heavy atom. The highest BCUT2D eigenvalue weighted by atomic mass is 19.1. The van der Waals surface area contributed by atoms with Gasteiger partial charge in [-0.05, 0) is 35.6 Å². The molecule has 0 saturated carbocycles. The molecular formula is C19H21FO3. The summed E-state index contributed by atoms with van der Waals surface area (Å²) in [5.74, 6) is -1.71. The number of carboxylic acids is 1. The number of halogens is 1. The van der Waals surface area contributed by atoms with Crippen molar-refractivity contribution in [2.24, 2.45) is 5.92 Å². The summed E-state index contributed by atoms with van der Waals surface area (Å²) in [7, 11) is 0. The number of aliphatic carboxylic acids is 1. The monoisotopic (exact) mass is 316 g/mol. The fourth-order valence-corrected chi connectivity index (χ4v) is 2.67. The minimum absolute atomic E-state index is 0.248. The fourth-order valence-electron chi connectivity index (χ4n) is 2.67. The van der Waals surface area contributed by atoms with E-state index in [0.717, 1.165) is 5.56 Å². The van der Waals surface area contributed by atoms with Crippen LogP contribution in [0.4, 0.5) is 4.39 Å². The molecule has 3 nitrogen and oxygen atoms in total. The summed E-state index contributed by atoms with van der Waals surface area (Å²) in [6.07, 6.45) is 0.620. The first-order chi connectivity index (χ1) is 11.0. The van der Waals surface area contributed by atoms with E-state index in [9.17, 15) is 14.3 Å². The molecule has 0 aliphatic rings. The molecule has 1 N–H and O–H groups in total. The molecule has 0 bridgehead atoms. The second kappa shape index (κ2) is 7.77. The molecule has 2 atom stereocenters. The van der Waals surface area contributed by atoms with Crippen LogP contribution < -0.4 is 4.74 Å². The zero-order valence-corrected chi connectivity index (χ0v) is 13.3. The molecule has 0 heterocycles. The average molecular weight is 316 g/mol. The summed E-state index contributed by atoms with van der Waals surface area (Å²) in [5, 5.41) is 9.21. The normalized spacial score (nSPS) is 13.3. The van der Waals surface area contributed by atoms with Crippen molar-refractivity contribution in [3.63, 3.8) is 0 Å². The van der Waals surface area contributed by atoms with Crippen LogP contribution >= 0.6 is 0 Å². The lowest BCUT2D eigenvalue weighted by atomic mass is 9.85. The zero-order valence-electron chi connectivity index (χ0n) is 13.3. The third-order valence-corrected chi connectivity index (χ3v) is 4.00. The van der Waals surface area contributed by atoms with E-state index in [1.54, 1.807) is 13.0 Å². The number of carboxylic acid groups (broad SMARTS) is 1. The Bertz CT molecular complexity index is 655. The molecule has 23 heavy (non-hydrogen) atoms. The first-order valence-electron chi connectivity index (χ1n) is 7.71. The van der Waals surface area contributed by atoms with E-state index in [2.05, 4.69) is 0 Å². The Balaban J connectivity index is 2.19. The molecule has 122 valence electrons. The molecule has 0 spiro atoms. The summed E-state index contributed by atoms with van der Waals surface area (Å²) in [4.78, 5) is 11.2. The number of ether oxygens (including phenoxy) is 1. The molecule has 1 unspecified atom stereocenters. The molecule has 2 aromatic carbocycles. The highest BCUT2D eigenvalue weighted by Gasteiger charge is 2.24. The molecule has 0 amide bonds. The van der Waals surface area contributed by atoms with Crippen LogP contribution in [0.5, 0.6) is 5.75 Å². The van der Waals surface area contributed by atoms with Gasteiger partial charge in [0.25, 0.3) is 0 Å². The van der Waals surface area contributed by atoms with Crippen molar-refractivity contribution < 1.29 is 19.0 Å². The van der Waals surface area contributed by atoms with Crippen LogP contribution in [0.1, 0.15) is 37.3 Å². The topological polar surface area (TPSA) is 46.5 Å². The Morgan fingerprint density at radius 3 is 2.52 bits per heavy atom. The molecule has 2 rings (SSSR count). The van der Waals surface area contributed by atoms with Crippen LogP contribution in [0.15, 0.2) is 48.5 Å². The van der Waals surface area contributed by atoms with E-state index in [-0.39, 0.29) is 5.92 Å². The Labute approximate surface area is 135 Å². The van der Waals surface area contributed by atoms with Gasteiger partial charge in [-0.3, -0.25) is 4.79 Å². The van der Waals surface area contributed by atoms with Gasteiger partial charge in [0.15, 0.2) is 0 Å². The van der Waals surface area contributed by atoms with Crippen molar-refractivity contribution >= 4 is 5.97 Å². The molecule has 0 radical (unpaired) electrons. The molecule has 0 saturated heterocycles. The zero-order chi connectivity index (χ0) is 16.8. The van der Waals surface area contributed by atoms with Gasteiger partial charge in [0, 0.05) is 6.07 Å². The molecule has 0 aromatic heterocycles. The first-order valence-corrected chi connectivity index (χ1v) is 7.71. The van der Waals surface area contributed by atoms with E-state index < -0.39 is 17.7 Å². The smallest absolute Gasteiger partial charge is 0.306 e. The molecule has 0 fully saturated rings. The lowest BCUT2D eigenvalue weighted by Crippen LogP contribution is -2.18. The van der Waals surface area contributed by atoms with Gasteiger partial charge in [-0.2, -0.15) is 0 Å². The summed E-state index contributed by atoms with van der Waals surface area (Å²) in [5.41, 5.74) is 1.65. The second-order valence-electron chi connectivity index (χ2n) is 5.64. The van der Waals surface area contributed by atoms with Crippen LogP contribution in [0.2, 0.25) is 0 Å². The number of hydrogen-bond donors (Lipinski definition) is 1. The van der Waals surface area contributed by atoms with Crippen molar-refractivity contribution in [3.8, 4) is 5.75 Å². The van der Waals surface area contributed by atoms with E-state index in [1.807, 2.05) is 37.3 Å².